The van der Waals surface area contributed by atoms with Crippen molar-refractivity contribution in [3.05, 3.63) is 95.1 Å². The zero-order chi connectivity index (χ0) is 29.2. The SMILES string of the molecule is CCNc1cc(C(=O)N[C@@H](Cc2ccccc2)[C@H](O)CNCCc2ccccc2C)cc(N2CCCCS2(=O)=O)c1. The second kappa shape index (κ2) is 14.5. The standard InChI is InChI=1S/C32H42N4O4S/c1-3-34-28-20-27(21-29(22-28)36-17-9-10-18-41(36,39)40)32(38)35-30(19-25-12-5-4-6-13-25)31(37)23-33-16-15-26-14-8-7-11-24(26)2/h4-8,11-14,20-22,30-31,33-34,37H,3,9-10,15-19,23H2,1-2H3,(H,35,38)/t30-,31+/m0/s1. The maximum absolute atomic E-state index is 13.6. The van der Waals surface area contributed by atoms with Crippen molar-refractivity contribution >= 4 is 27.3 Å². The topological polar surface area (TPSA) is 111 Å². The molecule has 0 unspecified atom stereocenters. The maximum Gasteiger partial charge on any atom is 0.251 e. The minimum absolute atomic E-state index is 0.0994. The van der Waals surface area contributed by atoms with Crippen molar-refractivity contribution in [2.75, 3.05) is 41.6 Å². The lowest BCUT2D eigenvalue weighted by atomic mass is 10.00. The fourth-order valence-electron chi connectivity index (χ4n) is 5.18. The first-order chi connectivity index (χ1) is 19.8. The van der Waals surface area contributed by atoms with Crippen LogP contribution < -0.4 is 20.3 Å². The third kappa shape index (κ3) is 8.55. The highest BCUT2D eigenvalue weighted by atomic mass is 32.2. The van der Waals surface area contributed by atoms with Gasteiger partial charge in [-0.3, -0.25) is 9.10 Å². The lowest BCUT2D eigenvalue weighted by Gasteiger charge is -2.29. The van der Waals surface area contributed by atoms with Gasteiger partial charge in [0.05, 0.1) is 23.6 Å². The van der Waals surface area contributed by atoms with Crippen LogP contribution in [0.2, 0.25) is 0 Å². The summed E-state index contributed by atoms with van der Waals surface area (Å²) in [5.74, 6) is -0.261. The van der Waals surface area contributed by atoms with Crippen LogP contribution >= 0.6 is 0 Å². The van der Waals surface area contributed by atoms with E-state index in [4.69, 9.17) is 0 Å². The molecule has 0 aliphatic carbocycles. The van der Waals surface area contributed by atoms with Crippen LogP contribution in [-0.2, 0) is 22.9 Å². The summed E-state index contributed by atoms with van der Waals surface area (Å²) in [6, 6.07) is 22.6. The summed E-state index contributed by atoms with van der Waals surface area (Å²) in [6.45, 7) is 6.07. The van der Waals surface area contributed by atoms with Gasteiger partial charge in [0.2, 0.25) is 10.0 Å². The molecule has 3 aromatic carbocycles. The van der Waals surface area contributed by atoms with Crippen molar-refractivity contribution < 1.29 is 18.3 Å². The molecular formula is C32H42N4O4S. The van der Waals surface area contributed by atoms with Crippen LogP contribution in [0.25, 0.3) is 0 Å². The van der Waals surface area contributed by atoms with E-state index in [9.17, 15) is 18.3 Å². The first kappa shape index (κ1) is 30.6. The normalized spacial score (nSPS) is 16.1. The van der Waals surface area contributed by atoms with E-state index in [1.165, 1.54) is 15.4 Å². The average molecular weight is 579 g/mol. The Kier molecular flexibility index (Phi) is 10.8. The molecule has 41 heavy (non-hydrogen) atoms. The Morgan fingerprint density at radius 3 is 2.51 bits per heavy atom. The number of benzene rings is 3. The summed E-state index contributed by atoms with van der Waals surface area (Å²) in [5.41, 5.74) is 4.99. The highest BCUT2D eigenvalue weighted by Crippen LogP contribution is 2.28. The Bertz CT molecular complexity index is 1400. The summed E-state index contributed by atoms with van der Waals surface area (Å²) in [6.07, 6.45) is 1.86. The fourth-order valence-corrected chi connectivity index (χ4v) is 6.80. The molecule has 1 amide bonds. The second-order valence-electron chi connectivity index (χ2n) is 10.6. The molecule has 2 atom stereocenters. The highest BCUT2D eigenvalue weighted by Gasteiger charge is 2.28. The Morgan fingerprint density at radius 2 is 1.78 bits per heavy atom. The average Bonchev–Trinajstić information content (AvgIpc) is 2.96. The van der Waals surface area contributed by atoms with Gasteiger partial charge in [-0.1, -0.05) is 54.6 Å². The smallest absolute Gasteiger partial charge is 0.251 e. The molecule has 0 radical (unpaired) electrons. The van der Waals surface area contributed by atoms with E-state index in [0.29, 0.717) is 56.0 Å². The van der Waals surface area contributed by atoms with Gasteiger partial charge in [0.15, 0.2) is 0 Å². The molecule has 220 valence electrons. The van der Waals surface area contributed by atoms with Crippen molar-refractivity contribution in [3.8, 4) is 0 Å². The molecule has 9 heteroatoms. The number of nitrogens with one attached hydrogen (secondary N) is 3. The van der Waals surface area contributed by atoms with E-state index in [-0.39, 0.29) is 11.7 Å². The summed E-state index contributed by atoms with van der Waals surface area (Å²) in [5, 5.41) is 20.8. The number of aryl methyl sites for hydroxylation is 1. The van der Waals surface area contributed by atoms with Gasteiger partial charge in [-0.25, -0.2) is 8.42 Å². The van der Waals surface area contributed by atoms with E-state index in [1.807, 2.05) is 49.4 Å². The highest BCUT2D eigenvalue weighted by molar-refractivity contribution is 7.92. The molecule has 4 N–H and O–H groups in total. The fraction of sp³-hybridized carbons (Fsp3) is 0.406. The molecule has 1 fully saturated rings. The van der Waals surface area contributed by atoms with Crippen LogP contribution in [0.1, 0.15) is 46.8 Å². The van der Waals surface area contributed by atoms with Crippen molar-refractivity contribution in [1.82, 2.24) is 10.6 Å². The largest absolute Gasteiger partial charge is 0.390 e. The molecular weight excluding hydrogens is 536 g/mol. The van der Waals surface area contributed by atoms with Gasteiger partial charge in [0.1, 0.15) is 0 Å². The molecule has 1 heterocycles. The van der Waals surface area contributed by atoms with Crippen LogP contribution in [0.4, 0.5) is 11.4 Å². The van der Waals surface area contributed by atoms with Gasteiger partial charge in [-0.2, -0.15) is 0 Å². The van der Waals surface area contributed by atoms with Crippen LogP contribution in [0.3, 0.4) is 0 Å². The molecule has 4 rings (SSSR count). The van der Waals surface area contributed by atoms with Crippen LogP contribution in [0, 0.1) is 6.92 Å². The zero-order valence-corrected chi connectivity index (χ0v) is 24.8. The van der Waals surface area contributed by atoms with Crippen molar-refractivity contribution in [2.24, 2.45) is 0 Å². The Labute approximate surface area is 244 Å². The van der Waals surface area contributed by atoms with Crippen molar-refractivity contribution in [1.29, 1.82) is 0 Å². The predicted octanol–water partition coefficient (Wildman–Crippen LogP) is 3.89. The monoisotopic (exact) mass is 578 g/mol. The summed E-state index contributed by atoms with van der Waals surface area (Å²) >= 11 is 0. The molecule has 1 aliphatic rings. The molecule has 3 aromatic rings. The number of aliphatic hydroxyl groups is 1. The van der Waals surface area contributed by atoms with Gasteiger partial charge < -0.3 is 21.1 Å². The second-order valence-corrected chi connectivity index (χ2v) is 12.6. The molecule has 1 saturated heterocycles. The number of carbonyl (C=O) groups is 1. The van der Waals surface area contributed by atoms with Gasteiger partial charge in [-0.15, -0.1) is 0 Å². The molecule has 0 saturated carbocycles. The van der Waals surface area contributed by atoms with Gasteiger partial charge >= 0.3 is 0 Å². The Hall–Kier alpha value is -3.40. The lowest BCUT2D eigenvalue weighted by Crippen LogP contribution is -2.49. The van der Waals surface area contributed by atoms with E-state index in [0.717, 1.165) is 18.4 Å². The molecule has 0 bridgehead atoms. The maximum atomic E-state index is 13.6. The van der Waals surface area contributed by atoms with Gasteiger partial charge in [0.25, 0.3) is 5.91 Å². The Morgan fingerprint density at radius 1 is 1.02 bits per heavy atom. The molecule has 0 aromatic heterocycles. The van der Waals surface area contributed by atoms with Gasteiger partial charge in [-0.05, 0) is 81.0 Å². The molecule has 1 aliphatic heterocycles. The molecule has 8 nitrogen and oxygen atoms in total. The third-order valence-electron chi connectivity index (χ3n) is 7.46. The number of rotatable bonds is 13. The van der Waals surface area contributed by atoms with Crippen molar-refractivity contribution in [2.45, 2.75) is 51.7 Å². The lowest BCUT2D eigenvalue weighted by molar-refractivity contribution is 0.0831. The number of anilines is 2. The quantitative estimate of drug-likeness (QED) is 0.229. The van der Waals surface area contributed by atoms with E-state index in [2.05, 4.69) is 35.0 Å². The first-order valence-corrected chi connectivity index (χ1v) is 16.0. The molecule has 0 spiro atoms. The number of carbonyl (C=O) groups excluding carboxylic acids is 1. The minimum Gasteiger partial charge on any atom is -0.390 e. The summed E-state index contributed by atoms with van der Waals surface area (Å²) in [7, 11) is -3.44. The van der Waals surface area contributed by atoms with E-state index < -0.39 is 22.2 Å². The van der Waals surface area contributed by atoms with Crippen LogP contribution in [-0.4, -0.2) is 63.5 Å². The number of aliphatic hydroxyl groups excluding tert-OH is 1. The van der Waals surface area contributed by atoms with Crippen molar-refractivity contribution in [3.63, 3.8) is 0 Å². The van der Waals surface area contributed by atoms with E-state index in [1.54, 1.807) is 18.2 Å². The number of nitrogens with zero attached hydrogens (tertiary/aromatic N) is 1. The summed E-state index contributed by atoms with van der Waals surface area (Å²) < 4.78 is 27.0. The number of sulfonamides is 1. The van der Waals surface area contributed by atoms with Gasteiger partial charge in [0, 0.05) is 30.9 Å². The number of hydrogen-bond acceptors (Lipinski definition) is 6. The third-order valence-corrected chi connectivity index (χ3v) is 9.33. The van der Waals surface area contributed by atoms with Crippen LogP contribution in [0.5, 0.6) is 0 Å². The van der Waals surface area contributed by atoms with Crippen LogP contribution in [0.15, 0.2) is 72.8 Å². The number of amides is 1. The zero-order valence-electron chi connectivity index (χ0n) is 24.0. The minimum atomic E-state index is -3.44. The number of hydrogen-bond donors (Lipinski definition) is 4. The van der Waals surface area contributed by atoms with E-state index >= 15 is 0 Å². The first-order valence-electron chi connectivity index (χ1n) is 14.4. The predicted molar refractivity (Wildman–Crippen MR) is 166 cm³/mol. The summed E-state index contributed by atoms with van der Waals surface area (Å²) in [4.78, 5) is 13.6. The Balaban J connectivity index is 1.50.